The molecule has 112 valence electrons. The maximum absolute atomic E-state index is 12.0. The van der Waals surface area contributed by atoms with E-state index < -0.39 is 29.9 Å². The molecule has 0 amide bonds. The lowest BCUT2D eigenvalue weighted by molar-refractivity contribution is -0.178. The lowest BCUT2D eigenvalue weighted by Gasteiger charge is -2.50. The fourth-order valence-corrected chi connectivity index (χ4v) is 4.33. The number of aliphatic hydroxyl groups is 3. The number of allylic oxidation sites excluding steroid dienone is 1. The third-order valence-corrected chi connectivity index (χ3v) is 5.65. The zero-order valence-electron chi connectivity index (χ0n) is 12.0. The van der Waals surface area contributed by atoms with Gasteiger partial charge in [-0.15, -0.1) is 0 Å². The van der Waals surface area contributed by atoms with Crippen LogP contribution in [0.4, 0.5) is 0 Å². The Morgan fingerprint density at radius 2 is 2.00 bits per heavy atom. The summed E-state index contributed by atoms with van der Waals surface area (Å²) >= 11 is 0. The molecule has 2 fully saturated rings. The van der Waals surface area contributed by atoms with Crippen molar-refractivity contribution in [3.8, 4) is 0 Å². The predicted octanol–water partition coefficient (Wildman–Crippen LogP) is 0.667. The van der Waals surface area contributed by atoms with Gasteiger partial charge in [-0.2, -0.15) is 0 Å². The van der Waals surface area contributed by atoms with Gasteiger partial charge in [-0.25, -0.2) is 4.79 Å². The summed E-state index contributed by atoms with van der Waals surface area (Å²) in [6.45, 7) is 3.32. The van der Waals surface area contributed by atoms with E-state index in [2.05, 4.69) is 6.92 Å². The van der Waals surface area contributed by atoms with E-state index in [0.29, 0.717) is 6.42 Å². The maximum Gasteiger partial charge on any atom is 0.344 e. The average Bonchev–Trinajstić information content (AvgIpc) is 2.60. The Labute approximate surface area is 118 Å². The molecule has 0 radical (unpaired) electrons. The summed E-state index contributed by atoms with van der Waals surface area (Å²) in [5.41, 5.74) is -1.91. The molecule has 3 rings (SSSR count). The fourth-order valence-electron chi connectivity index (χ4n) is 4.33. The fraction of sp³-hybridized carbons (Fsp3) is 0.800. The van der Waals surface area contributed by atoms with Crippen molar-refractivity contribution in [2.24, 2.45) is 5.41 Å². The van der Waals surface area contributed by atoms with Crippen LogP contribution in [0.5, 0.6) is 0 Å². The van der Waals surface area contributed by atoms with Crippen molar-refractivity contribution in [2.45, 2.75) is 63.3 Å². The largest absolute Gasteiger partial charge is 0.452 e. The van der Waals surface area contributed by atoms with Gasteiger partial charge in [0.15, 0.2) is 6.10 Å². The van der Waals surface area contributed by atoms with E-state index in [4.69, 9.17) is 4.74 Å². The number of fused-ring (bicyclic) bond motifs is 3. The van der Waals surface area contributed by atoms with Gasteiger partial charge in [0.1, 0.15) is 5.60 Å². The van der Waals surface area contributed by atoms with E-state index in [1.165, 1.54) is 0 Å². The number of hydrogen-bond acceptors (Lipinski definition) is 5. The summed E-state index contributed by atoms with van der Waals surface area (Å²) in [7, 11) is 0. The molecule has 1 saturated carbocycles. The monoisotopic (exact) mass is 282 g/mol. The highest BCUT2D eigenvalue weighted by molar-refractivity contribution is 5.85. The highest BCUT2D eigenvalue weighted by atomic mass is 16.6. The molecular formula is C15H22O5. The molecule has 0 aromatic carbocycles. The van der Waals surface area contributed by atoms with Gasteiger partial charge < -0.3 is 20.1 Å². The molecular weight excluding hydrogens is 260 g/mol. The number of esters is 1. The SMILES string of the molecule is CC1=C2C3OC(=O)C(O)(CO)[C@]3(O)CCC2(C)CCC1. The Hall–Kier alpha value is -0.910. The minimum atomic E-state index is -2.20. The molecule has 3 aliphatic rings. The highest BCUT2D eigenvalue weighted by Gasteiger charge is 2.71. The molecule has 20 heavy (non-hydrogen) atoms. The van der Waals surface area contributed by atoms with Crippen LogP contribution in [0, 0.1) is 5.41 Å². The number of ether oxygens (including phenoxy) is 1. The zero-order chi connectivity index (χ0) is 14.8. The van der Waals surface area contributed by atoms with Crippen LogP contribution < -0.4 is 0 Å². The van der Waals surface area contributed by atoms with E-state index in [1.807, 2.05) is 6.92 Å². The van der Waals surface area contributed by atoms with Gasteiger partial charge in [0.25, 0.3) is 0 Å². The van der Waals surface area contributed by atoms with Crippen LogP contribution in [-0.2, 0) is 9.53 Å². The summed E-state index contributed by atoms with van der Waals surface area (Å²) in [6.07, 6.45) is 3.13. The van der Waals surface area contributed by atoms with Crippen LogP contribution in [0.1, 0.15) is 46.0 Å². The molecule has 0 aromatic rings. The summed E-state index contributed by atoms with van der Waals surface area (Å²) in [5.74, 6) is -0.914. The second-order valence-corrected chi connectivity index (χ2v) is 6.84. The molecule has 3 unspecified atom stereocenters. The molecule has 0 bridgehead atoms. The molecule has 0 spiro atoms. The van der Waals surface area contributed by atoms with Gasteiger partial charge >= 0.3 is 5.97 Å². The normalized spacial score (nSPS) is 47.9. The Morgan fingerprint density at radius 1 is 1.30 bits per heavy atom. The number of carbonyl (C=O) groups is 1. The van der Waals surface area contributed by atoms with Gasteiger partial charge in [0, 0.05) is 0 Å². The number of rotatable bonds is 1. The molecule has 1 aliphatic heterocycles. The Morgan fingerprint density at radius 3 is 2.65 bits per heavy atom. The second-order valence-electron chi connectivity index (χ2n) is 6.84. The quantitative estimate of drug-likeness (QED) is 0.486. The van der Waals surface area contributed by atoms with Gasteiger partial charge in [0.05, 0.1) is 6.61 Å². The van der Waals surface area contributed by atoms with Crippen LogP contribution in [-0.4, -0.2) is 45.2 Å². The Balaban J connectivity index is 2.13. The minimum absolute atomic E-state index is 0.0831. The van der Waals surface area contributed by atoms with Crippen LogP contribution in [0.2, 0.25) is 0 Å². The molecule has 1 heterocycles. The smallest absolute Gasteiger partial charge is 0.344 e. The topological polar surface area (TPSA) is 87.0 Å². The number of hydrogen-bond donors (Lipinski definition) is 3. The minimum Gasteiger partial charge on any atom is -0.452 e. The first-order valence-corrected chi connectivity index (χ1v) is 7.25. The predicted molar refractivity (Wildman–Crippen MR) is 70.8 cm³/mol. The van der Waals surface area contributed by atoms with Gasteiger partial charge in [-0.3, -0.25) is 0 Å². The standard InChI is InChI=1S/C15H22O5/c1-9-4-3-5-13(2)6-7-14(18)11(10(9)13)20-12(17)15(14,19)8-16/h11,16,18-19H,3-8H2,1-2H3/t11?,13?,14-,15?/m0/s1. The summed E-state index contributed by atoms with van der Waals surface area (Å²) in [4.78, 5) is 12.0. The summed E-state index contributed by atoms with van der Waals surface area (Å²) in [5, 5.41) is 30.7. The van der Waals surface area contributed by atoms with Gasteiger partial charge in [-0.1, -0.05) is 12.5 Å². The van der Waals surface area contributed by atoms with Gasteiger partial charge in [-0.05, 0) is 50.0 Å². The third kappa shape index (κ3) is 1.46. The first kappa shape index (κ1) is 14.0. The summed E-state index contributed by atoms with van der Waals surface area (Å²) in [6, 6.07) is 0. The van der Waals surface area contributed by atoms with E-state index in [-0.39, 0.29) is 11.8 Å². The van der Waals surface area contributed by atoms with E-state index >= 15 is 0 Å². The first-order chi connectivity index (χ1) is 9.28. The van der Waals surface area contributed by atoms with E-state index in [1.54, 1.807) is 0 Å². The third-order valence-electron chi connectivity index (χ3n) is 5.65. The molecule has 0 aromatic heterocycles. The Bertz CT molecular complexity index is 498. The zero-order valence-corrected chi connectivity index (χ0v) is 12.0. The van der Waals surface area contributed by atoms with Gasteiger partial charge in [0.2, 0.25) is 5.60 Å². The van der Waals surface area contributed by atoms with E-state index in [0.717, 1.165) is 30.4 Å². The van der Waals surface area contributed by atoms with Crippen LogP contribution in [0.15, 0.2) is 11.1 Å². The lowest BCUT2D eigenvalue weighted by atomic mass is 9.57. The first-order valence-electron chi connectivity index (χ1n) is 7.25. The highest BCUT2D eigenvalue weighted by Crippen LogP contribution is 2.57. The van der Waals surface area contributed by atoms with E-state index in [9.17, 15) is 20.1 Å². The lowest BCUT2D eigenvalue weighted by Crippen LogP contribution is -2.63. The molecule has 2 aliphatic carbocycles. The van der Waals surface area contributed by atoms with Crippen molar-refractivity contribution in [3.05, 3.63) is 11.1 Å². The van der Waals surface area contributed by atoms with Crippen molar-refractivity contribution < 1.29 is 24.9 Å². The maximum atomic E-state index is 12.0. The van der Waals surface area contributed by atoms with Crippen molar-refractivity contribution >= 4 is 5.97 Å². The molecule has 4 atom stereocenters. The number of carbonyl (C=O) groups excluding carboxylic acids is 1. The average molecular weight is 282 g/mol. The van der Waals surface area contributed by atoms with Crippen LogP contribution in [0.25, 0.3) is 0 Å². The second kappa shape index (κ2) is 4.06. The van der Waals surface area contributed by atoms with Crippen molar-refractivity contribution in [2.75, 3.05) is 6.61 Å². The van der Waals surface area contributed by atoms with Crippen molar-refractivity contribution in [3.63, 3.8) is 0 Å². The molecule has 3 N–H and O–H groups in total. The molecule has 1 saturated heterocycles. The molecule has 5 heteroatoms. The van der Waals surface area contributed by atoms with Crippen molar-refractivity contribution in [1.29, 1.82) is 0 Å². The number of aliphatic hydroxyl groups excluding tert-OH is 1. The van der Waals surface area contributed by atoms with Crippen LogP contribution in [0.3, 0.4) is 0 Å². The Kier molecular flexibility index (Phi) is 2.85. The van der Waals surface area contributed by atoms with Crippen molar-refractivity contribution in [1.82, 2.24) is 0 Å². The van der Waals surface area contributed by atoms with Crippen LogP contribution >= 0.6 is 0 Å². The summed E-state index contributed by atoms with van der Waals surface area (Å²) < 4.78 is 5.32. The molecule has 5 nitrogen and oxygen atoms in total.